The summed E-state index contributed by atoms with van der Waals surface area (Å²) in [5.41, 5.74) is 6.09. The number of aryl methyl sites for hydroxylation is 3. The number of para-hydroxylation sites is 1. The molecule has 1 N–H and O–H groups in total. The summed E-state index contributed by atoms with van der Waals surface area (Å²) in [6.45, 7) is 6.15. The van der Waals surface area contributed by atoms with Crippen LogP contribution in [0.25, 0.3) is 28.0 Å². The number of fused-ring (bicyclic) bond motifs is 1. The SMILES string of the molecule is Cc1cc(Nc2cc(-c3ccccc3)ncn2)n(-c2cc(C)c3cccc(C)c3n2)n1. The average Bonchev–Trinajstić information content (AvgIpc) is 3.15. The van der Waals surface area contributed by atoms with Crippen LogP contribution in [-0.4, -0.2) is 24.7 Å². The van der Waals surface area contributed by atoms with Crippen LogP contribution in [0.4, 0.5) is 11.6 Å². The predicted molar refractivity (Wildman–Crippen MR) is 124 cm³/mol. The van der Waals surface area contributed by atoms with E-state index in [9.17, 15) is 0 Å². The van der Waals surface area contributed by atoms with Crippen molar-refractivity contribution in [1.82, 2.24) is 24.7 Å². The number of nitrogens with one attached hydrogen (secondary N) is 1. The molecule has 0 aliphatic rings. The van der Waals surface area contributed by atoms with E-state index >= 15 is 0 Å². The summed E-state index contributed by atoms with van der Waals surface area (Å²) >= 11 is 0. The Morgan fingerprint density at radius 3 is 2.48 bits per heavy atom. The van der Waals surface area contributed by atoms with E-state index in [2.05, 4.69) is 58.5 Å². The average molecular weight is 406 g/mol. The Labute approximate surface area is 180 Å². The third-order valence-corrected chi connectivity index (χ3v) is 5.28. The molecule has 6 nitrogen and oxygen atoms in total. The molecular weight excluding hydrogens is 384 g/mol. The molecule has 0 spiro atoms. The molecule has 0 bridgehead atoms. The Morgan fingerprint density at radius 2 is 1.65 bits per heavy atom. The maximum absolute atomic E-state index is 4.91. The van der Waals surface area contributed by atoms with E-state index in [4.69, 9.17) is 4.98 Å². The monoisotopic (exact) mass is 406 g/mol. The highest BCUT2D eigenvalue weighted by Gasteiger charge is 2.13. The van der Waals surface area contributed by atoms with E-state index < -0.39 is 0 Å². The van der Waals surface area contributed by atoms with Crippen molar-refractivity contribution in [2.75, 3.05) is 5.32 Å². The topological polar surface area (TPSA) is 68.5 Å². The molecule has 0 fully saturated rings. The lowest BCUT2D eigenvalue weighted by atomic mass is 10.1. The Hall–Kier alpha value is -4.06. The van der Waals surface area contributed by atoms with Gasteiger partial charge in [-0.1, -0.05) is 48.5 Å². The molecular formula is C25H22N6. The zero-order chi connectivity index (χ0) is 21.4. The van der Waals surface area contributed by atoms with Crippen LogP contribution >= 0.6 is 0 Å². The van der Waals surface area contributed by atoms with Crippen LogP contribution in [-0.2, 0) is 0 Å². The first-order valence-corrected chi connectivity index (χ1v) is 10.2. The molecule has 152 valence electrons. The van der Waals surface area contributed by atoms with Crippen LogP contribution in [0.5, 0.6) is 0 Å². The third kappa shape index (κ3) is 3.64. The van der Waals surface area contributed by atoms with E-state index in [0.717, 1.165) is 50.6 Å². The summed E-state index contributed by atoms with van der Waals surface area (Å²) in [5, 5.41) is 9.23. The molecule has 2 aromatic carbocycles. The maximum atomic E-state index is 4.91. The van der Waals surface area contributed by atoms with Crippen LogP contribution in [0.15, 0.2) is 73.1 Å². The Bertz CT molecular complexity index is 1390. The molecule has 3 aromatic heterocycles. The minimum atomic E-state index is 0.698. The van der Waals surface area contributed by atoms with Gasteiger partial charge in [-0.25, -0.2) is 15.0 Å². The Kier molecular flexibility index (Phi) is 4.67. The van der Waals surface area contributed by atoms with Crippen molar-refractivity contribution in [3.05, 3.63) is 89.9 Å². The lowest BCUT2D eigenvalue weighted by Gasteiger charge is -2.12. The summed E-state index contributed by atoms with van der Waals surface area (Å²) in [6, 6.07) is 22.3. The number of nitrogens with zero attached hydrogens (tertiary/aromatic N) is 5. The maximum Gasteiger partial charge on any atom is 0.156 e. The van der Waals surface area contributed by atoms with E-state index in [1.165, 1.54) is 0 Å². The molecule has 31 heavy (non-hydrogen) atoms. The quantitative estimate of drug-likeness (QED) is 0.424. The number of anilines is 2. The van der Waals surface area contributed by atoms with Gasteiger partial charge in [-0.15, -0.1) is 0 Å². The number of aromatic nitrogens is 5. The molecule has 0 aliphatic carbocycles. The smallest absolute Gasteiger partial charge is 0.156 e. The number of rotatable bonds is 4. The highest BCUT2D eigenvalue weighted by Crippen LogP contribution is 2.26. The standard InChI is InChI=1S/C25H22N6/c1-16-8-7-11-20-17(2)12-23(29-25(16)20)31-24(13-18(3)30-31)28-22-14-21(26-15-27-22)19-9-5-4-6-10-19/h4-15H,1-3H3,(H,26,27,28). The Morgan fingerprint density at radius 1 is 0.806 bits per heavy atom. The summed E-state index contributed by atoms with van der Waals surface area (Å²) in [6.07, 6.45) is 1.57. The lowest BCUT2D eigenvalue weighted by Crippen LogP contribution is -2.06. The van der Waals surface area contributed by atoms with Crippen molar-refractivity contribution in [3.63, 3.8) is 0 Å². The van der Waals surface area contributed by atoms with Gasteiger partial charge in [0.15, 0.2) is 5.82 Å². The van der Waals surface area contributed by atoms with Gasteiger partial charge in [0.25, 0.3) is 0 Å². The van der Waals surface area contributed by atoms with E-state index in [1.54, 1.807) is 6.33 Å². The first kappa shape index (κ1) is 18.9. The molecule has 6 heteroatoms. The van der Waals surface area contributed by atoms with Gasteiger partial charge in [0.2, 0.25) is 0 Å². The van der Waals surface area contributed by atoms with Crippen LogP contribution in [0.1, 0.15) is 16.8 Å². The van der Waals surface area contributed by atoms with Crippen LogP contribution < -0.4 is 5.32 Å². The molecule has 0 unspecified atom stereocenters. The van der Waals surface area contributed by atoms with Crippen LogP contribution in [0, 0.1) is 20.8 Å². The minimum absolute atomic E-state index is 0.698. The van der Waals surface area contributed by atoms with Gasteiger partial charge in [0, 0.05) is 23.1 Å². The van der Waals surface area contributed by atoms with Crippen molar-refractivity contribution in [2.24, 2.45) is 0 Å². The fourth-order valence-corrected chi connectivity index (χ4v) is 3.74. The van der Waals surface area contributed by atoms with Gasteiger partial charge >= 0.3 is 0 Å². The molecule has 5 aromatic rings. The zero-order valence-electron chi connectivity index (χ0n) is 17.7. The second-order valence-corrected chi connectivity index (χ2v) is 7.63. The first-order chi connectivity index (χ1) is 15.1. The molecule has 5 rings (SSSR count). The molecule has 0 atom stereocenters. The summed E-state index contributed by atoms with van der Waals surface area (Å²) in [4.78, 5) is 13.7. The van der Waals surface area contributed by atoms with Crippen LogP contribution in [0.3, 0.4) is 0 Å². The first-order valence-electron chi connectivity index (χ1n) is 10.2. The number of hydrogen-bond donors (Lipinski definition) is 1. The van der Waals surface area contributed by atoms with Gasteiger partial charge in [-0.05, 0) is 38.0 Å². The van der Waals surface area contributed by atoms with Gasteiger partial charge in [-0.3, -0.25) is 0 Å². The fourth-order valence-electron chi connectivity index (χ4n) is 3.74. The molecule has 0 aliphatic heterocycles. The highest BCUT2D eigenvalue weighted by molar-refractivity contribution is 5.85. The second kappa shape index (κ2) is 7.65. The van der Waals surface area contributed by atoms with Crippen molar-refractivity contribution in [1.29, 1.82) is 0 Å². The molecule has 3 heterocycles. The fraction of sp³-hybridized carbons (Fsp3) is 0.120. The highest BCUT2D eigenvalue weighted by atomic mass is 15.4. The lowest BCUT2D eigenvalue weighted by molar-refractivity contribution is 0.842. The van der Waals surface area contributed by atoms with E-state index in [1.807, 2.05) is 54.1 Å². The molecule has 0 saturated heterocycles. The Balaban J connectivity index is 1.56. The largest absolute Gasteiger partial charge is 0.325 e. The van der Waals surface area contributed by atoms with E-state index in [0.29, 0.717) is 5.82 Å². The van der Waals surface area contributed by atoms with Crippen LogP contribution in [0.2, 0.25) is 0 Å². The van der Waals surface area contributed by atoms with Crippen molar-refractivity contribution < 1.29 is 0 Å². The third-order valence-electron chi connectivity index (χ3n) is 5.28. The number of benzene rings is 2. The van der Waals surface area contributed by atoms with Gasteiger partial charge in [0.05, 0.1) is 16.9 Å². The minimum Gasteiger partial charge on any atom is -0.325 e. The van der Waals surface area contributed by atoms with Crippen molar-refractivity contribution >= 4 is 22.5 Å². The van der Waals surface area contributed by atoms with Crippen molar-refractivity contribution in [2.45, 2.75) is 20.8 Å². The number of pyridine rings is 1. The molecule has 0 saturated carbocycles. The van der Waals surface area contributed by atoms with E-state index in [-0.39, 0.29) is 0 Å². The number of hydrogen-bond acceptors (Lipinski definition) is 5. The van der Waals surface area contributed by atoms with Gasteiger partial charge in [0.1, 0.15) is 18.0 Å². The molecule has 0 radical (unpaired) electrons. The summed E-state index contributed by atoms with van der Waals surface area (Å²) < 4.78 is 1.83. The second-order valence-electron chi connectivity index (χ2n) is 7.63. The van der Waals surface area contributed by atoms with Gasteiger partial charge in [-0.2, -0.15) is 9.78 Å². The predicted octanol–water partition coefficient (Wildman–Crippen LogP) is 5.55. The normalized spacial score (nSPS) is 11.1. The molecule has 0 amide bonds. The zero-order valence-corrected chi connectivity index (χ0v) is 17.7. The summed E-state index contributed by atoms with van der Waals surface area (Å²) in [5.74, 6) is 2.27. The van der Waals surface area contributed by atoms with Crippen molar-refractivity contribution in [3.8, 4) is 17.1 Å². The van der Waals surface area contributed by atoms with Gasteiger partial charge < -0.3 is 5.32 Å². The summed E-state index contributed by atoms with van der Waals surface area (Å²) in [7, 11) is 0.